The van der Waals surface area contributed by atoms with Crippen LogP contribution in [-0.4, -0.2) is 37.2 Å². The number of aliphatic hydroxyl groups is 1. The van der Waals surface area contributed by atoms with E-state index < -0.39 is 15.6 Å². The minimum absolute atomic E-state index is 0.0717. The van der Waals surface area contributed by atoms with E-state index in [1.165, 1.54) is 12.3 Å². The van der Waals surface area contributed by atoms with E-state index in [1.54, 1.807) is 20.0 Å². The Balaban J connectivity index is 3.01. The quantitative estimate of drug-likeness (QED) is 0.704. The topological polar surface area (TPSA) is 91.3 Å². The van der Waals surface area contributed by atoms with Gasteiger partial charge in [0.25, 0.3) is 0 Å². The second kappa shape index (κ2) is 5.64. The summed E-state index contributed by atoms with van der Waals surface area (Å²) in [6.07, 6.45) is 2.83. The standard InChI is InChI=1S/C11H19N3O3S/c1-4-13-9-5-10(7-12-6-9)18(16,17)14-11(2,3)8-15/h5-7,13-15H,4,8H2,1-3H3. The molecular formula is C11H19N3O3S. The Bertz CT molecular complexity index is 500. The summed E-state index contributed by atoms with van der Waals surface area (Å²) < 4.78 is 26.6. The number of nitrogens with one attached hydrogen (secondary N) is 2. The Morgan fingerprint density at radius 3 is 2.61 bits per heavy atom. The summed E-state index contributed by atoms with van der Waals surface area (Å²) >= 11 is 0. The van der Waals surface area contributed by atoms with Crippen LogP contribution in [0.5, 0.6) is 0 Å². The molecule has 0 saturated carbocycles. The molecule has 0 spiro atoms. The Morgan fingerprint density at radius 1 is 1.39 bits per heavy atom. The van der Waals surface area contributed by atoms with Crippen LogP contribution in [0.15, 0.2) is 23.4 Å². The molecule has 0 aliphatic carbocycles. The molecule has 3 N–H and O–H groups in total. The number of aromatic nitrogens is 1. The molecule has 1 aromatic heterocycles. The van der Waals surface area contributed by atoms with Gasteiger partial charge in [-0.3, -0.25) is 4.98 Å². The van der Waals surface area contributed by atoms with Crippen LogP contribution < -0.4 is 10.0 Å². The summed E-state index contributed by atoms with van der Waals surface area (Å²) in [7, 11) is -3.68. The minimum atomic E-state index is -3.68. The molecule has 0 radical (unpaired) electrons. The Morgan fingerprint density at radius 2 is 2.06 bits per heavy atom. The lowest BCUT2D eigenvalue weighted by atomic mass is 10.1. The van der Waals surface area contributed by atoms with Crippen molar-refractivity contribution in [3.8, 4) is 0 Å². The van der Waals surface area contributed by atoms with E-state index in [0.717, 1.165) is 0 Å². The average molecular weight is 273 g/mol. The second-order valence-electron chi connectivity index (χ2n) is 4.59. The molecule has 0 aliphatic rings. The molecule has 1 heterocycles. The smallest absolute Gasteiger partial charge is 0.242 e. The molecule has 0 amide bonds. The molecule has 7 heteroatoms. The Hall–Kier alpha value is -1.18. The maximum atomic E-state index is 12.1. The van der Waals surface area contributed by atoms with Crippen molar-refractivity contribution < 1.29 is 13.5 Å². The zero-order valence-electron chi connectivity index (χ0n) is 10.8. The number of sulfonamides is 1. The van der Waals surface area contributed by atoms with Gasteiger partial charge in [-0.25, -0.2) is 13.1 Å². The average Bonchev–Trinajstić information content (AvgIpc) is 2.29. The number of pyridine rings is 1. The normalized spacial score (nSPS) is 12.4. The van der Waals surface area contributed by atoms with Crippen molar-refractivity contribution in [3.63, 3.8) is 0 Å². The van der Waals surface area contributed by atoms with Crippen molar-refractivity contribution >= 4 is 15.7 Å². The fourth-order valence-electron chi connectivity index (χ4n) is 1.32. The molecular weight excluding hydrogens is 254 g/mol. The van der Waals surface area contributed by atoms with Crippen molar-refractivity contribution in [2.45, 2.75) is 31.2 Å². The van der Waals surface area contributed by atoms with Crippen LogP contribution in [0.4, 0.5) is 5.69 Å². The van der Waals surface area contributed by atoms with E-state index in [4.69, 9.17) is 5.11 Å². The van der Waals surface area contributed by atoms with Crippen molar-refractivity contribution in [3.05, 3.63) is 18.5 Å². The number of nitrogens with zero attached hydrogens (tertiary/aromatic N) is 1. The van der Waals surface area contributed by atoms with Gasteiger partial charge in [-0.15, -0.1) is 0 Å². The largest absolute Gasteiger partial charge is 0.394 e. The Labute approximate surface area is 107 Å². The molecule has 1 rings (SSSR count). The van der Waals surface area contributed by atoms with E-state index in [-0.39, 0.29) is 11.5 Å². The molecule has 1 aromatic rings. The van der Waals surface area contributed by atoms with Crippen LogP contribution in [-0.2, 0) is 10.0 Å². The predicted molar refractivity (Wildman–Crippen MR) is 69.9 cm³/mol. The van der Waals surface area contributed by atoms with Crippen LogP contribution in [0.3, 0.4) is 0 Å². The van der Waals surface area contributed by atoms with Crippen LogP contribution in [0.2, 0.25) is 0 Å². The van der Waals surface area contributed by atoms with Crippen LogP contribution >= 0.6 is 0 Å². The van der Waals surface area contributed by atoms with Crippen LogP contribution in [0.25, 0.3) is 0 Å². The first-order valence-electron chi connectivity index (χ1n) is 5.64. The van der Waals surface area contributed by atoms with E-state index in [9.17, 15) is 8.42 Å². The summed E-state index contributed by atoms with van der Waals surface area (Å²) in [5.74, 6) is 0. The lowest BCUT2D eigenvalue weighted by molar-refractivity contribution is 0.208. The Kier molecular flexibility index (Phi) is 4.66. The highest BCUT2D eigenvalue weighted by molar-refractivity contribution is 7.89. The maximum Gasteiger partial charge on any atom is 0.242 e. The molecule has 0 saturated heterocycles. The second-order valence-corrected chi connectivity index (χ2v) is 6.27. The molecule has 0 atom stereocenters. The van der Waals surface area contributed by atoms with Crippen molar-refractivity contribution in [1.29, 1.82) is 0 Å². The molecule has 18 heavy (non-hydrogen) atoms. The number of rotatable bonds is 6. The number of aliphatic hydroxyl groups excluding tert-OH is 1. The van der Waals surface area contributed by atoms with Gasteiger partial charge < -0.3 is 10.4 Å². The van der Waals surface area contributed by atoms with Gasteiger partial charge in [0, 0.05) is 12.7 Å². The number of anilines is 1. The fraction of sp³-hybridized carbons (Fsp3) is 0.545. The molecule has 0 aromatic carbocycles. The summed E-state index contributed by atoms with van der Waals surface area (Å²) in [5.41, 5.74) is -0.269. The third-order valence-electron chi connectivity index (χ3n) is 2.21. The molecule has 0 aliphatic heterocycles. The van der Waals surface area contributed by atoms with Gasteiger partial charge in [0.2, 0.25) is 10.0 Å². The minimum Gasteiger partial charge on any atom is -0.394 e. The monoisotopic (exact) mass is 273 g/mol. The highest BCUT2D eigenvalue weighted by Crippen LogP contribution is 2.15. The van der Waals surface area contributed by atoms with Crippen molar-refractivity contribution in [1.82, 2.24) is 9.71 Å². The van der Waals surface area contributed by atoms with Crippen molar-refractivity contribution in [2.75, 3.05) is 18.5 Å². The van der Waals surface area contributed by atoms with Crippen LogP contribution in [0.1, 0.15) is 20.8 Å². The van der Waals surface area contributed by atoms with Gasteiger partial charge in [0.05, 0.1) is 24.0 Å². The van der Waals surface area contributed by atoms with Crippen LogP contribution in [0, 0.1) is 0 Å². The maximum absolute atomic E-state index is 12.1. The van der Waals surface area contributed by atoms with E-state index in [2.05, 4.69) is 15.0 Å². The highest BCUT2D eigenvalue weighted by Gasteiger charge is 2.25. The molecule has 6 nitrogen and oxygen atoms in total. The third kappa shape index (κ3) is 3.94. The zero-order chi connectivity index (χ0) is 13.8. The lowest BCUT2D eigenvalue weighted by Crippen LogP contribution is -2.46. The zero-order valence-corrected chi connectivity index (χ0v) is 11.6. The summed E-state index contributed by atoms with van der Waals surface area (Å²) in [5, 5.41) is 12.1. The first-order valence-corrected chi connectivity index (χ1v) is 7.13. The van der Waals surface area contributed by atoms with Gasteiger partial charge in [-0.1, -0.05) is 0 Å². The molecule has 0 fully saturated rings. The summed E-state index contributed by atoms with van der Waals surface area (Å²) in [6.45, 7) is 5.51. The van der Waals surface area contributed by atoms with E-state index in [1.807, 2.05) is 6.92 Å². The van der Waals surface area contributed by atoms with Gasteiger partial charge in [0.1, 0.15) is 4.90 Å². The highest BCUT2D eigenvalue weighted by atomic mass is 32.2. The molecule has 0 unspecified atom stereocenters. The van der Waals surface area contributed by atoms with E-state index in [0.29, 0.717) is 12.2 Å². The number of hydrogen-bond donors (Lipinski definition) is 3. The van der Waals surface area contributed by atoms with Crippen molar-refractivity contribution in [2.24, 2.45) is 0 Å². The van der Waals surface area contributed by atoms with Gasteiger partial charge >= 0.3 is 0 Å². The van der Waals surface area contributed by atoms with E-state index >= 15 is 0 Å². The summed E-state index contributed by atoms with van der Waals surface area (Å²) in [6, 6.07) is 1.51. The number of hydrogen-bond acceptors (Lipinski definition) is 5. The third-order valence-corrected chi connectivity index (χ3v) is 3.88. The molecule has 102 valence electrons. The van der Waals surface area contributed by atoms with Gasteiger partial charge in [-0.2, -0.15) is 0 Å². The first kappa shape index (κ1) is 14.9. The molecule has 0 bridgehead atoms. The fourth-order valence-corrected chi connectivity index (χ4v) is 2.71. The first-order chi connectivity index (χ1) is 8.30. The predicted octanol–water partition coefficient (Wildman–Crippen LogP) is 0.563. The van der Waals surface area contributed by atoms with Gasteiger partial charge in [-0.05, 0) is 26.8 Å². The van der Waals surface area contributed by atoms with Gasteiger partial charge in [0.15, 0.2) is 0 Å². The SMILES string of the molecule is CCNc1cncc(S(=O)(=O)NC(C)(C)CO)c1. The summed E-state index contributed by atoms with van der Waals surface area (Å²) in [4.78, 5) is 3.95. The lowest BCUT2D eigenvalue weighted by Gasteiger charge is -2.23.